The summed E-state index contributed by atoms with van der Waals surface area (Å²) in [7, 11) is 0. The fourth-order valence-electron chi connectivity index (χ4n) is 2.99. The smallest absolute Gasteiger partial charge is 0.134 e. The molecule has 0 spiro atoms. The van der Waals surface area contributed by atoms with Crippen molar-refractivity contribution in [3.63, 3.8) is 0 Å². The Morgan fingerprint density at radius 2 is 1.58 bits per heavy atom. The molecule has 4 rings (SSSR count). The number of hydrogen-bond acceptors (Lipinski definition) is 2. The maximum absolute atomic E-state index is 8.91. The van der Waals surface area contributed by atoms with Gasteiger partial charge in [0.15, 0.2) is 0 Å². The maximum atomic E-state index is 8.91. The van der Waals surface area contributed by atoms with Gasteiger partial charge in [-0.25, -0.2) is 4.98 Å². The number of hydrogen-bond donors (Lipinski definition) is 0. The van der Waals surface area contributed by atoms with Crippen molar-refractivity contribution in [2.45, 2.75) is 6.54 Å². The number of benzene rings is 3. The van der Waals surface area contributed by atoms with Gasteiger partial charge in [-0.05, 0) is 41.5 Å². The van der Waals surface area contributed by atoms with Crippen LogP contribution in [0.3, 0.4) is 0 Å². The number of fused-ring (bicyclic) bond motifs is 1. The Kier molecular flexibility index (Phi) is 4.32. The summed E-state index contributed by atoms with van der Waals surface area (Å²) in [6.07, 6.45) is 4.06. The summed E-state index contributed by atoms with van der Waals surface area (Å²) in [6, 6.07) is 28.3. The van der Waals surface area contributed by atoms with Crippen molar-refractivity contribution in [3.05, 3.63) is 101 Å². The van der Waals surface area contributed by atoms with Crippen LogP contribution in [-0.4, -0.2) is 9.55 Å². The van der Waals surface area contributed by atoms with Gasteiger partial charge in [0, 0.05) is 6.54 Å². The van der Waals surface area contributed by atoms with E-state index in [9.17, 15) is 0 Å². The average molecular weight is 335 g/mol. The van der Waals surface area contributed by atoms with E-state index >= 15 is 0 Å². The zero-order valence-corrected chi connectivity index (χ0v) is 14.2. The first-order valence-electron chi connectivity index (χ1n) is 8.51. The Morgan fingerprint density at radius 1 is 0.846 bits per heavy atom. The van der Waals surface area contributed by atoms with E-state index in [4.69, 9.17) is 10.2 Å². The van der Waals surface area contributed by atoms with Crippen LogP contribution in [0.2, 0.25) is 0 Å². The Labute approximate surface area is 152 Å². The van der Waals surface area contributed by atoms with Crippen LogP contribution in [0, 0.1) is 11.3 Å². The molecule has 0 radical (unpaired) electrons. The molecule has 124 valence electrons. The van der Waals surface area contributed by atoms with Gasteiger partial charge in [-0.1, -0.05) is 60.7 Å². The molecule has 3 aromatic carbocycles. The molecular formula is C23H17N3. The van der Waals surface area contributed by atoms with Crippen LogP contribution in [0.25, 0.3) is 23.2 Å². The largest absolute Gasteiger partial charge is 0.320 e. The second kappa shape index (κ2) is 7.08. The summed E-state index contributed by atoms with van der Waals surface area (Å²) in [5.41, 5.74) is 5.06. The SMILES string of the molecule is N#Cc1ccc(C=Cc2nc3ccccc3n2Cc2ccccc2)cc1. The van der Waals surface area contributed by atoms with Gasteiger partial charge in [-0.2, -0.15) is 5.26 Å². The highest BCUT2D eigenvalue weighted by molar-refractivity contribution is 5.80. The van der Waals surface area contributed by atoms with Crippen LogP contribution in [0.4, 0.5) is 0 Å². The molecular weight excluding hydrogens is 318 g/mol. The van der Waals surface area contributed by atoms with Gasteiger partial charge in [0.05, 0.1) is 22.7 Å². The van der Waals surface area contributed by atoms with E-state index in [0.29, 0.717) is 5.56 Å². The fourth-order valence-corrected chi connectivity index (χ4v) is 2.99. The molecule has 0 fully saturated rings. The van der Waals surface area contributed by atoms with E-state index in [1.165, 1.54) is 5.56 Å². The highest BCUT2D eigenvalue weighted by Gasteiger charge is 2.08. The summed E-state index contributed by atoms with van der Waals surface area (Å²) in [5.74, 6) is 0.916. The molecule has 0 atom stereocenters. The standard InChI is InChI=1S/C23H17N3/c24-16-19-12-10-18(11-13-19)14-15-23-25-21-8-4-5-9-22(21)26(23)17-20-6-2-1-3-7-20/h1-15H,17H2. The summed E-state index contributed by atoms with van der Waals surface area (Å²) in [6.45, 7) is 0.772. The van der Waals surface area contributed by atoms with E-state index in [2.05, 4.69) is 41.0 Å². The summed E-state index contributed by atoms with van der Waals surface area (Å²) in [4.78, 5) is 4.78. The van der Waals surface area contributed by atoms with E-state index in [1.54, 1.807) is 0 Å². The molecule has 0 saturated carbocycles. The first-order valence-corrected chi connectivity index (χ1v) is 8.51. The van der Waals surface area contributed by atoms with Crippen LogP contribution in [-0.2, 0) is 6.54 Å². The lowest BCUT2D eigenvalue weighted by Gasteiger charge is -2.07. The summed E-state index contributed by atoms with van der Waals surface area (Å²) >= 11 is 0. The quantitative estimate of drug-likeness (QED) is 0.519. The molecule has 0 saturated heterocycles. The lowest BCUT2D eigenvalue weighted by atomic mass is 10.1. The second-order valence-electron chi connectivity index (χ2n) is 6.10. The van der Waals surface area contributed by atoms with Crippen LogP contribution in [0.5, 0.6) is 0 Å². The van der Waals surface area contributed by atoms with Gasteiger partial charge in [0.25, 0.3) is 0 Å². The lowest BCUT2D eigenvalue weighted by Crippen LogP contribution is -2.01. The van der Waals surface area contributed by atoms with Gasteiger partial charge >= 0.3 is 0 Å². The predicted octanol–water partition coefficient (Wildman–Crippen LogP) is 5.13. The zero-order chi connectivity index (χ0) is 17.8. The van der Waals surface area contributed by atoms with Crippen molar-refractivity contribution >= 4 is 23.2 Å². The van der Waals surface area contributed by atoms with Gasteiger partial charge < -0.3 is 4.57 Å². The number of nitrogens with zero attached hydrogens (tertiary/aromatic N) is 3. The summed E-state index contributed by atoms with van der Waals surface area (Å²) < 4.78 is 2.23. The first kappa shape index (κ1) is 15.9. The normalized spacial score (nSPS) is 11.0. The Bertz CT molecular complexity index is 1100. The third-order valence-corrected chi connectivity index (χ3v) is 4.33. The van der Waals surface area contributed by atoms with E-state index < -0.39 is 0 Å². The van der Waals surface area contributed by atoms with E-state index in [0.717, 1.165) is 29.0 Å². The van der Waals surface area contributed by atoms with E-state index in [-0.39, 0.29) is 0 Å². The zero-order valence-electron chi connectivity index (χ0n) is 14.2. The van der Waals surface area contributed by atoms with Crippen molar-refractivity contribution in [1.29, 1.82) is 5.26 Å². The van der Waals surface area contributed by atoms with Crippen LogP contribution in [0.15, 0.2) is 78.9 Å². The van der Waals surface area contributed by atoms with Crippen molar-refractivity contribution in [2.75, 3.05) is 0 Å². The molecule has 3 heteroatoms. The van der Waals surface area contributed by atoms with Gasteiger partial charge in [0.2, 0.25) is 0 Å². The molecule has 1 heterocycles. The predicted molar refractivity (Wildman–Crippen MR) is 105 cm³/mol. The fraction of sp³-hybridized carbons (Fsp3) is 0.0435. The molecule has 1 aromatic heterocycles. The molecule has 0 bridgehead atoms. The highest BCUT2D eigenvalue weighted by Crippen LogP contribution is 2.20. The first-order chi connectivity index (χ1) is 12.8. The van der Waals surface area contributed by atoms with Crippen LogP contribution in [0.1, 0.15) is 22.5 Å². The van der Waals surface area contributed by atoms with Crippen molar-refractivity contribution in [3.8, 4) is 6.07 Å². The maximum Gasteiger partial charge on any atom is 0.134 e. The Hall–Kier alpha value is -3.64. The molecule has 4 aromatic rings. The minimum absolute atomic E-state index is 0.665. The molecule has 26 heavy (non-hydrogen) atoms. The number of imidazole rings is 1. The number of aromatic nitrogens is 2. The molecule has 0 aliphatic carbocycles. The monoisotopic (exact) mass is 335 g/mol. The molecule has 0 N–H and O–H groups in total. The third-order valence-electron chi connectivity index (χ3n) is 4.33. The molecule has 0 aliphatic rings. The minimum Gasteiger partial charge on any atom is -0.320 e. The van der Waals surface area contributed by atoms with E-state index in [1.807, 2.05) is 60.7 Å². The van der Waals surface area contributed by atoms with Gasteiger partial charge in [-0.15, -0.1) is 0 Å². The number of rotatable bonds is 4. The van der Waals surface area contributed by atoms with Crippen molar-refractivity contribution in [2.24, 2.45) is 0 Å². The Morgan fingerprint density at radius 3 is 2.35 bits per heavy atom. The lowest BCUT2D eigenvalue weighted by molar-refractivity contribution is 0.814. The Balaban J connectivity index is 1.72. The van der Waals surface area contributed by atoms with Crippen LogP contribution < -0.4 is 0 Å². The summed E-state index contributed by atoms with van der Waals surface area (Å²) in [5, 5.41) is 8.91. The van der Waals surface area contributed by atoms with Gasteiger partial charge in [0.1, 0.15) is 5.82 Å². The highest BCUT2D eigenvalue weighted by atomic mass is 15.1. The topological polar surface area (TPSA) is 41.6 Å². The van der Waals surface area contributed by atoms with Crippen molar-refractivity contribution < 1.29 is 0 Å². The van der Waals surface area contributed by atoms with Gasteiger partial charge in [-0.3, -0.25) is 0 Å². The molecule has 0 aliphatic heterocycles. The van der Waals surface area contributed by atoms with Crippen molar-refractivity contribution in [1.82, 2.24) is 9.55 Å². The second-order valence-corrected chi connectivity index (χ2v) is 6.10. The van der Waals surface area contributed by atoms with Crippen LogP contribution >= 0.6 is 0 Å². The molecule has 0 amide bonds. The number of nitriles is 1. The third kappa shape index (κ3) is 3.26. The molecule has 0 unspecified atom stereocenters. The molecule has 3 nitrogen and oxygen atoms in total. The number of para-hydroxylation sites is 2. The minimum atomic E-state index is 0.665. The average Bonchev–Trinajstić information content (AvgIpc) is 3.05.